The van der Waals surface area contributed by atoms with E-state index in [2.05, 4.69) is 36.2 Å². The molecule has 1 amide bonds. The fourth-order valence-corrected chi connectivity index (χ4v) is 1.96. The van der Waals surface area contributed by atoms with Gasteiger partial charge in [0.2, 0.25) is 0 Å². The zero-order valence-corrected chi connectivity index (χ0v) is 12.4. The highest BCUT2D eigenvalue weighted by molar-refractivity contribution is 9.10. The molecule has 0 spiro atoms. The summed E-state index contributed by atoms with van der Waals surface area (Å²) in [6.07, 6.45) is 8.24. The van der Waals surface area contributed by atoms with E-state index in [1.165, 1.54) is 6.20 Å². The van der Waals surface area contributed by atoms with E-state index in [1.54, 1.807) is 53.8 Å². The van der Waals surface area contributed by atoms with Crippen molar-refractivity contribution in [2.24, 2.45) is 0 Å². The molecule has 0 saturated heterocycles. The van der Waals surface area contributed by atoms with E-state index >= 15 is 0 Å². The third-order valence-corrected chi connectivity index (χ3v) is 3.23. The van der Waals surface area contributed by atoms with Crippen molar-refractivity contribution < 1.29 is 4.79 Å². The van der Waals surface area contributed by atoms with Gasteiger partial charge in [0.1, 0.15) is 16.7 Å². The standard InChI is InChI=1S/C14H10BrN5O/c15-12-3-1-10(7-17-12)14(21)19-11-2-4-13(18-8-11)20-6-5-16-9-20/h1-9H,(H,19,21). The maximum Gasteiger partial charge on any atom is 0.257 e. The summed E-state index contributed by atoms with van der Waals surface area (Å²) < 4.78 is 2.47. The molecule has 0 fully saturated rings. The summed E-state index contributed by atoms with van der Waals surface area (Å²) in [7, 11) is 0. The van der Waals surface area contributed by atoms with Gasteiger partial charge in [-0.2, -0.15) is 0 Å². The van der Waals surface area contributed by atoms with E-state index in [-0.39, 0.29) is 5.91 Å². The van der Waals surface area contributed by atoms with Crippen molar-refractivity contribution in [3.8, 4) is 5.82 Å². The van der Waals surface area contributed by atoms with E-state index < -0.39 is 0 Å². The minimum Gasteiger partial charge on any atom is -0.321 e. The van der Waals surface area contributed by atoms with Crippen molar-refractivity contribution in [2.75, 3.05) is 5.32 Å². The van der Waals surface area contributed by atoms with E-state index in [9.17, 15) is 4.79 Å². The molecular formula is C14H10BrN5O. The second kappa shape index (κ2) is 5.84. The van der Waals surface area contributed by atoms with Gasteiger partial charge in [-0.05, 0) is 40.2 Å². The molecule has 0 atom stereocenters. The lowest BCUT2D eigenvalue weighted by Crippen LogP contribution is -2.12. The summed E-state index contributed by atoms with van der Waals surface area (Å²) in [4.78, 5) is 24.3. The molecule has 0 aliphatic rings. The molecule has 6 nitrogen and oxygen atoms in total. The Kier molecular flexibility index (Phi) is 3.74. The van der Waals surface area contributed by atoms with Gasteiger partial charge < -0.3 is 5.32 Å². The van der Waals surface area contributed by atoms with Crippen molar-refractivity contribution in [2.45, 2.75) is 0 Å². The Hall–Kier alpha value is -2.54. The van der Waals surface area contributed by atoms with Crippen LogP contribution in [0.2, 0.25) is 0 Å². The quantitative estimate of drug-likeness (QED) is 0.742. The zero-order chi connectivity index (χ0) is 14.7. The molecule has 0 aliphatic carbocycles. The van der Waals surface area contributed by atoms with Crippen LogP contribution in [0.5, 0.6) is 0 Å². The predicted octanol–water partition coefficient (Wildman–Crippen LogP) is 2.68. The normalized spacial score (nSPS) is 10.3. The van der Waals surface area contributed by atoms with Crippen LogP contribution in [0.4, 0.5) is 5.69 Å². The molecule has 0 aromatic carbocycles. The van der Waals surface area contributed by atoms with Crippen LogP contribution in [0.1, 0.15) is 10.4 Å². The van der Waals surface area contributed by atoms with Crippen LogP contribution in [-0.4, -0.2) is 25.4 Å². The third kappa shape index (κ3) is 3.14. The SMILES string of the molecule is O=C(Nc1ccc(-n2ccnc2)nc1)c1ccc(Br)nc1. The summed E-state index contributed by atoms with van der Waals surface area (Å²) in [5.41, 5.74) is 1.10. The van der Waals surface area contributed by atoms with Crippen LogP contribution >= 0.6 is 15.9 Å². The largest absolute Gasteiger partial charge is 0.321 e. The number of imidazole rings is 1. The fraction of sp³-hybridized carbons (Fsp3) is 0. The number of amides is 1. The number of hydrogen-bond acceptors (Lipinski definition) is 4. The molecule has 3 aromatic heterocycles. The lowest BCUT2D eigenvalue weighted by atomic mass is 10.2. The Morgan fingerprint density at radius 1 is 1.14 bits per heavy atom. The van der Waals surface area contributed by atoms with Crippen LogP contribution < -0.4 is 5.32 Å². The van der Waals surface area contributed by atoms with Gasteiger partial charge in [0, 0.05) is 18.6 Å². The van der Waals surface area contributed by atoms with Gasteiger partial charge in [0.05, 0.1) is 17.4 Å². The second-order valence-corrected chi connectivity index (χ2v) is 5.01. The zero-order valence-electron chi connectivity index (χ0n) is 10.8. The molecule has 21 heavy (non-hydrogen) atoms. The van der Waals surface area contributed by atoms with E-state index in [0.717, 1.165) is 5.82 Å². The molecular weight excluding hydrogens is 334 g/mol. The Labute approximate surface area is 129 Å². The third-order valence-electron chi connectivity index (χ3n) is 2.76. The number of nitrogens with one attached hydrogen (secondary N) is 1. The molecule has 0 unspecified atom stereocenters. The summed E-state index contributed by atoms with van der Waals surface area (Å²) >= 11 is 3.23. The van der Waals surface area contributed by atoms with Crippen molar-refractivity contribution in [1.29, 1.82) is 0 Å². The van der Waals surface area contributed by atoms with Gasteiger partial charge in [-0.15, -0.1) is 0 Å². The highest BCUT2D eigenvalue weighted by Crippen LogP contribution is 2.12. The highest BCUT2D eigenvalue weighted by Gasteiger charge is 2.07. The number of halogens is 1. The number of carbonyl (C=O) groups excluding carboxylic acids is 1. The molecule has 0 bridgehead atoms. The summed E-state index contributed by atoms with van der Waals surface area (Å²) in [6, 6.07) is 7.00. The first-order chi connectivity index (χ1) is 10.2. The van der Waals surface area contributed by atoms with Crippen molar-refractivity contribution in [3.63, 3.8) is 0 Å². The molecule has 7 heteroatoms. The number of aromatic nitrogens is 4. The molecule has 3 aromatic rings. The topological polar surface area (TPSA) is 72.7 Å². The Balaban J connectivity index is 1.73. The molecule has 3 heterocycles. The maximum atomic E-state index is 12.0. The van der Waals surface area contributed by atoms with Gasteiger partial charge in [-0.25, -0.2) is 15.0 Å². The van der Waals surface area contributed by atoms with Gasteiger partial charge in [0.15, 0.2) is 0 Å². The predicted molar refractivity (Wildman–Crippen MR) is 81.2 cm³/mol. The summed E-state index contributed by atoms with van der Waals surface area (Å²) in [5, 5.41) is 2.77. The lowest BCUT2D eigenvalue weighted by Gasteiger charge is -2.06. The Morgan fingerprint density at radius 3 is 2.67 bits per heavy atom. The van der Waals surface area contributed by atoms with Gasteiger partial charge in [-0.1, -0.05) is 0 Å². The van der Waals surface area contributed by atoms with E-state index in [4.69, 9.17) is 0 Å². The number of carbonyl (C=O) groups is 1. The number of rotatable bonds is 3. The number of nitrogens with zero attached hydrogens (tertiary/aromatic N) is 4. The number of pyridine rings is 2. The van der Waals surface area contributed by atoms with Crippen molar-refractivity contribution in [1.82, 2.24) is 19.5 Å². The van der Waals surface area contributed by atoms with E-state index in [0.29, 0.717) is 15.9 Å². The molecule has 3 rings (SSSR count). The van der Waals surface area contributed by atoms with Crippen LogP contribution in [0, 0.1) is 0 Å². The molecule has 0 radical (unpaired) electrons. The van der Waals surface area contributed by atoms with Gasteiger partial charge in [-0.3, -0.25) is 9.36 Å². The first-order valence-electron chi connectivity index (χ1n) is 6.10. The molecule has 0 saturated carbocycles. The first kappa shape index (κ1) is 13.4. The highest BCUT2D eigenvalue weighted by atomic mass is 79.9. The molecule has 104 valence electrons. The average Bonchev–Trinajstić information content (AvgIpc) is 3.03. The van der Waals surface area contributed by atoms with Gasteiger partial charge in [0.25, 0.3) is 5.91 Å². The summed E-state index contributed by atoms with van der Waals surface area (Å²) in [5.74, 6) is 0.503. The van der Waals surface area contributed by atoms with Gasteiger partial charge >= 0.3 is 0 Å². The average molecular weight is 344 g/mol. The second-order valence-electron chi connectivity index (χ2n) is 4.20. The summed E-state index contributed by atoms with van der Waals surface area (Å²) in [6.45, 7) is 0. The van der Waals surface area contributed by atoms with Crippen LogP contribution in [0.15, 0.2) is 60.0 Å². The van der Waals surface area contributed by atoms with E-state index in [1.807, 2.05) is 0 Å². The lowest BCUT2D eigenvalue weighted by molar-refractivity contribution is 0.102. The minimum atomic E-state index is -0.229. The number of anilines is 1. The molecule has 1 N–H and O–H groups in total. The van der Waals surface area contributed by atoms with Crippen molar-refractivity contribution >= 4 is 27.5 Å². The maximum absolute atomic E-state index is 12.0. The first-order valence-corrected chi connectivity index (χ1v) is 6.89. The molecule has 0 aliphatic heterocycles. The monoisotopic (exact) mass is 343 g/mol. The number of hydrogen-bond donors (Lipinski definition) is 1. The smallest absolute Gasteiger partial charge is 0.257 e. The van der Waals surface area contributed by atoms with Crippen LogP contribution in [-0.2, 0) is 0 Å². The van der Waals surface area contributed by atoms with Crippen LogP contribution in [0.3, 0.4) is 0 Å². The minimum absolute atomic E-state index is 0.229. The Morgan fingerprint density at radius 2 is 2.05 bits per heavy atom. The van der Waals surface area contributed by atoms with Crippen molar-refractivity contribution in [3.05, 3.63) is 65.5 Å². The van der Waals surface area contributed by atoms with Crippen LogP contribution in [0.25, 0.3) is 5.82 Å². The Bertz CT molecular complexity index is 738. The fourth-order valence-electron chi connectivity index (χ4n) is 1.72.